The van der Waals surface area contributed by atoms with Gasteiger partial charge in [0.1, 0.15) is 11.5 Å². The molecule has 3 N–H and O–H groups in total. The monoisotopic (exact) mass is 425 g/mol. The SMILES string of the molecule is Cc1c(C(=O)NN2CCN(C)CC2)oc2c1/C(=N/NC(=O)c1ccc(O)cc1)CCC2. The number of hydrazine groups is 1. The number of hydrogen-bond acceptors (Lipinski definition) is 7. The molecule has 164 valence electrons. The van der Waals surface area contributed by atoms with Gasteiger partial charge in [-0.15, -0.1) is 0 Å². The number of carbonyl (C=O) groups is 2. The highest BCUT2D eigenvalue weighted by Gasteiger charge is 2.29. The molecule has 1 aromatic carbocycles. The molecule has 1 aromatic heterocycles. The summed E-state index contributed by atoms with van der Waals surface area (Å²) in [6, 6.07) is 5.96. The van der Waals surface area contributed by atoms with Crippen LogP contribution in [-0.2, 0) is 6.42 Å². The molecule has 0 saturated carbocycles. The van der Waals surface area contributed by atoms with Crippen LogP contribution in [0.3, 0.4) is 0 Å². The van der Waals surface area contributed by atoms with Crippen LogP contribution >= 0.6 is 0 Å². The summed E-state index contributed by atoms with van der Waals surface area (Å²) < 4.78 is 5.93. The van der Waals surface area contributed by atoms with Gasteiger partial charge in [0.25, 0.3) is 5.91 Å². The summed E-state index contributed by atoms with van der Waals surface area (Å²) in [7, 11) is 2.06. The van der Waals surface area contributed by atoms with Gasteiger partial charge in [0.15, 0.2) is 5.76 Å². The van der Waals surface area contributed by atoms with Crippen LogP contribution < -0.4 is 10.9 Å². The Balaban J connectivity index is 1.49. The molecule has 9 heteroatoms. The Morgan fingerprint density at radius 3 is 2.48 bits per heavy atom. The predicted octanol–water partition coefficient (Wildman–Crippen LogP) is 1.66. The van der Waals surface area contributed by atoms with E-state index >= 15 is 0 Å². The van der Waals surface area contributed by atoms with Gasteiger partial charge in [0, 0.05) is 49.3 Å². The lowest BCUT2D eigenvalue weighted by Crippen LogP contribution is -2.52. The minimum atomic E-state index is -0.367. The van der Waals surface area contributed by atoms with Gasteiger partial charge in [-0.2, -0.15) is 5.10 Å². The Hall–Kier alpha value is -3.17. The number of aromatic hydroxyl groups is 1. The number of phenolic OH excluding ortho intramolecular Hbond substituents is 1. The second kappa shape index (κ2) is 8.91. The average molecular weight is 425 g/mol. The lowest BCUT2D eigenvalue weighted by atomic mass is 9.93. The van der Waals surface area contributed by atoms with E-state index in [0.29, 0.717) is 23.5 Å². The number of hydrogen-bond donors (Lipinski definition) is 3. The minimum Gasteiger partial charge on any atom is -0.508 e. The maximum atomic E-state index is 12.8. The average Bonchev–Trinajstić information content (AvgIpc) is 3.11. The van der Waals surface area contributed by atoms with Crippen LogP contribution in [-0.4, -0.2) is 65.8 Å². The lowest BCUT2D eigenvalue weighted by Gasteiger charge is -2.32. The molecule has 2 aromatic rings. The molecule has 4 rings (SSSR count). The zero-order valence-electron chi connectivity index (χ0n) is 17.8. The summed E-state index contributed by atoms with van der Waals surface area (Å²) in [5, 5.41) is 15.6. The zero-order valence-corrected chi connectivity index (χ0v) is 17.8. The number of piperazine rings is 1. The van der Waals surface area contributed by atoms with E-state index in [1.165, 1.54) is 24.3 Å². The lowest BCUT2D eigenvalue weighted by molar-refractivity contribution is 0.0634. The van der Waals surface area contributed by atoms with Gasteiger partial charge in [0.2, 0.25) is 0 Å². The van der Waals surface area contributed by atoms with Crippen molar-refractivity contribution < 1.29 is 19.1 Å². The maximum Gasteiger partial charge on any atom is 0.301 e. The fourth-order valence-electron chi connectivity index (χ4n) is 3.90. The Bertz CT molecular complexity index is 1000. The minimum absolute atomic E-state index is 0.0937. The predicted molar refractivity (Wildman–Crippen MR) is 115 cm³/mol. The second-order valence-corrected chi connectivity index (χ2v) is 7.99. The number of carbonyl (C=O) groups excluding carboxylic acids is 2. The molecule has 0 atom stereocenters. The summed E-state index contributed by atoms with van der Waals surface area (Å²) in [6.45, 7) is 5.16. The van der Waals surface area contributed by atoms with Crippen molar-refractivity contribution in [3.8, 4) is 5.75 Å². The molecule has 1 saturated heterocycles. The number of hydrazone groups is 1. The van der Waals surface area contributed by atoms with E-state index in [-0.39, 0.29) is 17.6 Å². The van der Waals surface area contributed by atoms with Crippen molar-refractivity contribution in [1.29, 1.82) is 0 Å². The van der Waals surface area contributed by atoms with Gasteiger partial charge in [-0.05, 0) is 51.1 Å². The van der Waals surface area contributed by atoms with Gasteiger partial charge >= 0.3 is 5.91 Å². The molecule has 1 aliphatic carbocycles. The van der Waals surface area contributed by atoms with E-state index in [2.05, 4.69) is 27.9 Å². The molecule has 9 nitrogen and oxygen atoms in total. The number of phenols is 1. The highest BCUT2D eigenvalue weighted by atomic mass is 16.4. The summed E-state index contributed by atoms with van der Waals surface area (Å²) in [5.74, 6) is 0.488. The highest BCUT2D eigenvalue weighted by Crippen LogP contribution is 2.30. The van der Waals surface area contributed by atoms with E-state index in [4.69, 9.17) is 4.42 Å². The fourth-order valence-corrected chi connectivity index (χ4v) is 3.90. The topological polar surface area (TPSA) is 110 Å². The first-order valence-electron chi connectivity index (χ1n) is 10.5. The van der Waals surface area contributed by atoms with Gasteiger partial charge in [-0.3, -0.25) is 15.0 Å². The maximum absolute atomic E-state index is 12.8. The molecule has 0 bridgehead atoms. The van der Waals surface area contributed by atoms with Crippen molar-refractivity contribution in [3.63, 3.8) is 0 Å². The Morgan fingerprint density at radius 1 is 1.06 bits per heavy atom. The standard InChI is InChI=1S/C22H27N5O4/c1-14-19-17(23-24-21(29)15-6-8-16(28)9-7-15)4-3-5-18(19)31-20(14)22(30)25-27-12-10-26(2)11-13-27/h6-9,28H,3-5,10-13H2,1-2H3,(H,24,29)(H,25,30)/b23-17+. The van der Waals surface area contributed by atoms with Crippen LogP contribution in [0.1, 0.15) is 50.6 Å². The van der Waals surface area contributed by atoms with E-state index < -0.39 is 0 Å². The van der Waals surface area contributed by atoms with Crippen LogP contribution in [0, 0.1) is 6.92 Å². The molecular weight excluding hydrogens is 398 g/mol. The van der Waals surface area contributed by atoms with Crippen molar-refractivity contribution in [1.82, 2.24) is 20.8 Å². The number of fused-ring (bicyclic) bond motifs is 1. The van der Waals surface area contributed by atoms with Gasteiger partial charge < -0.3 is 14.4 Å². The van der Waals surface area contributed by atoms with Gasteiger partial charge in [-0.25, -0.2) is 10.4 Å². The molecule has 2 heterocycles. The first-order chi connectivity index (χ1) is 14.9. The highest BCUT2D eigenvalue weighted by molar-refractivity contribution is 6.07. The van der Waals surface area contributed by atoms with E-state index in [9.17, 15) is 14.7 Å². The molecule has 0 radical (unpaired) electrons. The molecule has 1 aliphatic heterocycles. The number of benzene rings is 1. The van der Waals surface area contributed by atoms with Crippen LogP contribution in [0.5, 0.6) is 5.75 Å². The first-order valence-corrected chi connectivity index (χ1v) is 10.5. The molecule has 0 spiro atoms. The number of furan rings is 1. The van der Waals surface area contributed by atoms with Crippen molar-refractivity contribution in [2.75, 3.05) is 33.2 Å². The van der Waals surface area contributed by atoms with E-state index in [1.54, 1.807) is 0 Å². The van der Waals surface area contributed by atoms with Crippen LogP contribution in [0.25, 0.3) is 0 Å². The van der Waals surface area contributed by atoms with Crippen molar-refractivity contribution in [3.05, 3.63) is 52.5 Å². The van der Waals surface area contributed by atoms with Gasteiger partial charge in [-0.1, -0.05) is 0 Å². The summed E-state index contributed by atoms with van der Waals surface area (Å²) >= 11 is 0. The van der Waals surface area contributed by atoms with Crippen LogP contribution in [0.15, 0.2) is 33.8 Å². The number of amides is 2. The van der Waals surface area contributed by atoms with Crippen molar-refractivity contribution in [2.24, 2.45) is 5.10 Å². The molecule has 0 unspecified atom stereocenters. The summed E-state index contributed by atoms with van der Waals surface area (Å²) in [5.41, 5.74) is 8.16. The number of nitrogens with zero attached hydrogens (tertiary/aromatic N) is 3. The zero-order chi connectivity index (χ0) is 22.0. The largest absolute Gasteiger partial charge is 0.508 e. The fraction of sp³-hybridized carbons (Fsp3) is 0.409. The molecule has 1 fully saturated rings. The van der Waals surface area contributed by atoms with E-state index in [1.807, 2.05) is 11.9 Å². The van der Waals surface area contributed by atoms with Gasteiger partial charge in [0.05, 0.1) is 5.71 Å². The number of rotatable bonds is 4. The van der Waals surface area contributed by atoms with E-state index in [0.717, 1.165) is 55.9 Å². The Morgan fingerprint density at radius 2 is 1.77 bits per heavy atom. The number of nitrogens with one attached hydrogen (secondary N) is 2. The Labute approximate surface area is 180 Å². The third-order valence-electron chi connectivity index (χ3n) is 5.72. The summed E-state index contributed by atoms with van der Waals surface area (Å²) in [6.07, 6.45) is 2.24. The molecule has 31 heavy (non-hydrogen) atoms. The second-order valence-electron chi connectivity index (χ2n) is 7.99. The van der Waals surface area contributed by atoms with Crippen molar-refractivity contribution in [2.45, 2.75) is 26.2 Å². The molecular formula is C22H27N5O4. The Kier molecular flexibility index (Phi) is 6.06. The number of likely N-dealkylation sites (N-methyl/N-ethyl adjacent to an activating group) is 1. The quantitative estimate of drug-likeness (QED) is 0.643. The van der Waals surface area contributed by atoms with Crippen LogP contribution in [0.2, 0.25) is 0 Å². The van der Waals surface area contributed by atoms with Crippen LogP contribution in [0.4, 0.5) is 0 Å². The van der Waals surface area contributed by atoms with Crippen molar-refractivity contribution >= 4 is 17.5 Å². The first kappa shape index (κ1) is 21.1. The molecule has 2 aliphatic rings. The third-order valence-corrected chi connectivity index (χ3v) is 5.72. The third kappa shape index (κ3) is 4.62. The number of aryl methyl sites for hydroxylation is 1. The normalized spacial score (nSPS) is 18.6. The molecule has 2 amide bonds. The summed E-state index contributed by atoms with van der Waals surface area (Å²) in [4.78, 5) is 27.4. The smallest absolute Gasteiger partial charge is 0.301 e.